The highest BCUT2D eigenvalue weighted by Crippen LogP contribution is 2.17. The fourth-order valence-corrected chi connectivity index (χ4v) is 4.21. The van der Waals surface area contributed by atoms with E-state index in [1.807, 2.05) is 0 Å². The molecule has 1 aliphatic rings. The number of sulfone groups is 1. The molecule has 1 aromatic carbocycles. The molecule has 2 rings (SSSR count). The minimum atomic E-state index is -2.91. The normalized spacial score (nSPS) is 20.1. The Hall–Kier alpha value is -1.63. The molecule has 2 N–H and O–H groups in total. The van der Waals surface area contributed by atoms with E-state index in [9.17, 15) is 17.6 Å². The summed E-state index contributed by atoms with van der Waals surface area (Å²) in [6.07, 6.45) is 1.01. The summed E-state index contributed by atoms with van der Waals surface area (Å²) in [5, 5.41) is 5.29. The van der Waals surface area contributed by atoms with Crippen LogP contribution in [0, 0.1) is 11.7 Å². The summed E-state index contributed by atoms with van der Waals surface area (Å²) >= 11 is 0. The number of carbonyl (C=O) groups is 1. The van der Waals surface area contributed by atoms with Crippen molar-refractivity contribution in [3.8, 4) is 0 Å². The Morgan fingerprint density at radius 2 is 2.05 bits per heavy atom. The molecule has 0 spiro atoms. The van der Waals surface area contributed by atoms with Crippen LogP contribution in [0.2, 0.25) is 0 Å². The van der Waals surface area contributed by atoms with Gasteiger partial charge in [0.15, 0.2) is 9.84 Å². The first-order chi connectivity index (χ1) is 9.96. The number of hydrogen-bond acceptors (Lipinski definition) is 3. The van der Waals surface area contributed by atoms with Gasteiger partial charge in [0.05, 0.1) is 11.5 Å². The van der Waals surface area contributed by atoms with Gasteiger partial charge in [-0.2, -0.15) is 0 Å². The second-order valence-corrected chi connectivity index (χ2v) is 7.48. The molecule has 1 unspecified atom stereocenters. The van der Waals surface area contributed by atoms with Crippen LogP contribution >= 0.6 is 0 Å². The van der Waals surface area contributed by atoms with Crippen LogP contribution in [-0.4, -0.2) is 39.0 Å². The van der Waals surface area contributed by atoms with E-state index in [4.69, 9.17) is 0 Å². The monoisotopic (exact) mass is 314 g/mol. The van der Waals surface area contributed by atoms with E-state index in [1.54, 1.807) is 18.2 Å². The first-order valence-corrected chi connectivity index (χ1v) is 8.74. The number of hydrogen-bond donors (Lipinski definition) is 2. The van der Waals surface area contributed by atoms with Gasteiger partial charge >= 0.3 is 6.03 Å². The maximum Gasteiger partial charge on any atom is 0.314 e. The minimum Gasteiger partial charge on any atom is -0.338 e. The van der Waals surface area contributed by atoms with Crippen molar-refractivity contribution in [2.24, 2.45) is 5.92 Å². The van der Waals surface area contributed by atoms with Crippen molar-refractivity contribution in [3.05, 3.63) is 35.6 Å². The zero-order valence-corrected chi connectivity index (χ0v) is 12.5. The van der Waals surface area contributed by atoms with E-state index in [0.29, 0.717) is 31.5 Å². The molecule has 1 atom stereocenters. The quantitative estimate of drug-likeness (QED) is 0.854. The molecule has 1 aromatic rings. The third-order valence-corrected chi connectivity index (χ3v) is 5.35. The number of rotatable bonds is 5. The lowest BCUT2D eigenvalue weighted by Crippen LogP contribution is -2.39. The van der Waals surface area contributed by atoms with Crippen molar-refractivity contribution in [2.75, 3.05) is 24.6 Å². The zero-order valence-electron chi connectivity index (χ0n) is 11.6. The van der Waals surface area contributed by atoms with Crippen LogP contribution in [0.3, 0.4) is 0 Å². The topological polar surface area (TPSA) is 75.3 Å². The predicted molar refractivity (Wildman–Crippen MR) is 78.3 cm³/mol. The van der Waals surface area contributed by atoms with E-state index in [1.165, 1.54) is 6.07 Å². The van der Waals surface area contributed by atoms with Crippen molar-refractivity contribution < 1.29 is 17.6 Å². The summed E-state index contributed by atoms with van der Waals surface area (Å²) in [7, 11) is -2.91. The molecule has 1 saturated heterocycles. The minimum absolute atomic E-state index is 0.00711. The van der Waals surface area contributed by atoms with Crippen LogP contribution in [0.1, 0.15) is 12.0 Å². The maximum atomic E-state index is 13.4. The summed E-state index contributed by atoms with van der Waals surface area (Å²) in [6.45, 7) is 0.681. The molecule has 7 heteroatoms. The van der Waals surface area contributed by atoms with Crippen molar-refractivity contribution in [2.45, 2.75) is 12.8 Å². The van der Waals surface area contributed by atoms with Crippen molar-refractivity contribution in [1.29, 1.82) is 0 Å². The Balaban J connectivity index is 1.65. The molecule has 5 nitrogen and oxygen atoms in total. The molecular formula is C14H19FN2O3S. The summed E-state index contributed by atoms with van der Waals surface area (Å²) in [6, 6.07) is 6.08. The van der Waals surface area contributed by atoms with Gasteiger partial charge in [-0.1, -0.05) is 18.2 Å². The van der Waals surface area contributed by atoms with Gasteiger partial charge in [-0.3, -0.25) is 0 Å². The van der Waals surface area contributed by atoms with Gasteiger partial charge in [0.25, 0.3) is 0 Å². The molecule has 1 aliphatic heterocycles. The molecular weight excluding hydrogens is 295 g/mol. The lowest BCUT2D eigenvalue weighted by molar-refractivity contribution is 0.239. The van der Waals surface area contributed by atoms with Gasteiger partial charge in [-0.15, -0.1) is 0 Å². The van der Waals surface area contributed by atoms with Gasteiger partial charge in [0.1, 0.15) is 5.82 Å². The Labute approximate surface area is 123 Å². The zero-order chi connectivity index (χ0) is 15.3. The molecule has 0 radical (unpaired) electrons. The van der Waals surface area contributed by atoms with Gasteiger partial charge in [-0.05, 0) is 30.4 Å². The summed E-state index contributed by atoms with van der Waals surface area (Å²) in [5.41, 5.74) is 0.555. The molecule has 0 saturated carbocycles. The smallest absolute Gasteiger partial charge is 0.314 e. The fourth-order valence-electron chi connectivity index (χ4n) is 2.34. The van der Waals surface area contributed by atoms with Gasteiger partial charge in [0, 0.05) is 13.1 Å². The maximum absolute atomic E-state index is 13.4. The van der Waals surface area contributed by atoms with E-state index in [0.717, 1.165) is 0 Å². The van der Waals surface area contributed by atoms with E-state index in [2.05, 4.69) is 10.6 Å². The number of amides is 2. The number of nitrogens with one attached hydrogen (secondary N) is 2. The number of urea groups is 1. The summed E-state index contributed by atoms with van der Waals surface area (Å²) < 4.78 is 35.9. The third kappa shape index (κ3) is 5.00. The standard InChI is InChI=1S/C14H19FN2O3S/c15-13-4-2-1-3-12(13)5-7-16-14(18)17-9-11-6-8-21(19,20)10-11/h1-4,11H,5-10H2,(H2,16,17,18). The van der Waals surface area contributed by atoms with Crippen LogP contribution in [-0.2, 0) is 16.3 Å². The lowest BCUT2D eigenvalue weighted by atomic mass is 10.1. The molecule has 1 heterocycles. The van der Waals surface area contributed by atoms with Crippen LogP contribution in [0.15, 0.2) is 24.3 Å². The third-order valence-electron chi connectivity index (χ3n) is 3.52. The molecule has 2 amide bonds. The largest absolute Gasteiger partial charge is 0.338 e. The highest BCUT2D eigenvalue weighted by molar-refractivity contribution is 7.91. The van der Waals surface area contributed by atoms with Crippen LogP contribution in [0.5, 0.6) is 0 Å². The van der Waals surface area contributed by atoms with Crippen LogP contribution in [0.25, 0.3) is 0 Å². The summed E-state index contributed by atoms with van der Waals surface area (Å²) in [5.74, 6) is 0.0553. The SMILES string of the molecule is O=C(NCCc1ccccc1F)NCC1CCS(=O)(=O)C1. The predicted octanol–water partition coefficient (Wildman–Crippen LogP) is 1.10. The Morgan fingerprint density at radius 1 is 1.29 bits per heavy atom. The average Bonchev–Trinajstić information content (AvgIpc) is 2.78. The van der Waals surface area contributed by atoms with E-state index in [-0.39, 0.29) is 29.3 Å². The Kier molecular flexibility index (Phi) is 5.17. The molecule has 116 valence electrons. The number of benzene rings is 1. The van der Waals surface area contributed by atoms with Gasteiger partial charge in [0.2, 0.25) is 0 Å². The molecule has 21 heavy (non-hydrogen) atoms. The van der Waals surface area contributed by atoms with Crippen LogP contribution < -0.4 is 10.6 Å². The fraction of sp³-hybridized carbons (Fsp3) is 0.500. The summed E-state index contributed by atoms with van der Waals surface area (Å²) in [4.78, 5) is 11.6. The van der Waals surface area contributed by atoms with Gasteiger partial charge < -0.3 is 10.6 Å². The van der Waals surface area contributed by atoms with Crippen molar-refractivity contribution in [3.63, 3.8) is 0 Å². The first kappa shape index (κ1) is 15.8. The second kappa shape index (κ2) is 6.89. The highest BCUT2D eigenvalue weighted by atomic mass is 32.2. The van der Waals surface area contributed by atoms with E-state index < -0.39 is 9.84 Å². The lowest BCUT2D eigenvalue weighted by Gasteiger charge is -2.11. The molecule has 0 bridgehead atoms. The van der Waals surface area contributed by atoms with Crippen LogP contribution in [0.4, 0.5) is 9.18 Å². The van der Waals surface area contributed by atoms with Crippen molar-refractivity contribution in [1.82, 2.24) is 10.6 Å². The average molecular weight is 314 g/mol. The molecule has 1 fully saturated rings. The Bertz CT molecular complexity index is 604. The number of carbonyl (C=O) groups excluding carboxylic acids is 1. The first-order valence-electron chi connectivity index (χ1n) is 6.92. The van der Waals surface area contributed by atoms with E-state index >= 15 is 0 Å². The van der Waals surface area contributed by atoms with Gasteiger partial charge in [-0.25, -0.2) is 17.6 Å². The highest BCUT2D eigenvalue weighted by Gasteiger charge is 2.27. The van der Waals surface area contributed by atoms with Crippen molar-refractivity contribution >= 4 is 15.9 Å². The molecule has 0 aromatic heterocycles. The number of halogens is 1. The Morgan fingerprint density at radius 3 is 2.71 bits per heavy atom. The molecule has 0 aliphatic carbocycles. The second-order valence-electron chi connectivity index (χ2n) is 5.25.